The molecule has 1 rings (SSSR count). The Kier molecular flexibility index (Phi) is 4.35. The van der Waals surface area contributed by atoms with Crippen LogP contribution in [-0.4, -0.2) is 49.0 Å². The van der Waals surface area contributed by atoms with Crippen LogP contribution in [0.4, 0.5) is 0 Å². The van der Waals surface area contributed by atoms with E-state index in [2.05, 4.69) is 4.90 Å². The van der Waals surface area contributed by atoms with Crippen LogP contribution in [0.15, 0.2) is 0 Å². The van der Waals surface area contributed by atoms with Gasteiger partial charge in [0.05, 0.1) is 12.2 Å². The molecule has 0 radical (unpaired) electrons. The van der Waals surface area contributed by atoms with Crippen molar-refractivity contribution >= 4 is 0 Å². The molecule has 0 bridgehead atoms. The van der Waals surface area contributed by atoms with Crippen molar-refractivity contribution in [3.8, 4) is 0 Å². The lowest BCUT2D eigenvalue weighted by molar-refractivity contribution is 0.0209. The van der Waals surface area contributed by atoms with Gasteiger partial charge in [-0.1, -0.05) is 6.92 Å². The van der Waals surface area contributed by atoms with Gasteiger partial charge in [0.25, 0.3) is 0 Å². The summed E-state index contributed by atoms with van der Waals surface area (Å²) in [4.78, 5) is 2.34. The van der Waals surface area contributed by atoms with E-state index in [1.54, 1.807) is 7.11 Å². The molecule has 2 atom stereocenters. The second-order valence-corrected chi connectivity index (χ2v) is 4.70. The van der Waals surface area contributed by atoms with Crippen LogP contribution in [-0.2, 0) is 4.74 Å². The van der Waals surface area contributed by atoms with E-state index >= 15 is 0 Å². The van der Waals surface area contributed by atoms with Crippen LogP contribution in [0.5, 0.6) is 0 Å². The van der Waals surface area contributed by atoms with Gasteiger partial charge in [-0.15, -0.1) is 0 Å². The molecule has 84 valence electrons. The molecule has 14 heavy (non-hydrogen) atoms. The summed E-state index contributed by atoms with van der Waals surface area (Å²) in [5.74, 6) is 0.660. The normalized spacial score (nSPS) is 27.9. The van der Waals surface area contributed by atoms with Crippen molar-refractivity contribution in [3.05, 3.63) is 0 Å². The van der Waals surface area contributed by atoms with Crippen LogP contribution < -0.4 is 0 Å². The average Bonchev–Trinajstić information content (AvgIpc) is 2.53. The lowest BCUT2D eigenvalue weighted by Crippen LogP contribution is -2.39. The van der Waals surface area contributed by atoms with E-state index in [0.717, 1.165) is 32.7 Å². The standard InChI is InChI=1S/C11H23NO2/c1-4-11(2,13)9-12-6-5-10(7-12)8-14-3/h10,13H,4-9H2,1-3H3. The third-order valence-electron chi connectivity index (χ3n) is 3.10. The number of methoxy groups -OCH3 is 1. The number of ether oxygens (including phenoxy) is 1. The zero-order chi connectivity index (χ0) is 10.6. The van der Waals surface area contributed by atoms with Crippen molar-refractivity contribution in [2.75, 3.05) is 33.4 Å². The Balaban J connectivity index is 2.28. The monoisotopic (exact) mass is 201 g/mol. The van der Waals surface area contributed by atoms with Gasteiger partial charge in [0.15, 0.2) is 0 Å². The molecular formula is C11H23NO2. The first-order valence-electron chi connectivity index (χ1n) is 5.51. The van der Waals surface area contributed by atoms with Gasteiger partial charge in [0, 0.05) is 20.2 Å². The predicted molar refractivity (Wildman–Crippen MR) is 57.3 cm³/mol. The average molecular weight is 201 g/mol. The van der Waals surface area contributed by atoms with Crippen LogP contribution in [0, 0.1) is 5.92 Å². The molecule has 1 aliphatic rings. The Hall–Kier alpha value is -0.120. The largest absolute Gasteiger partial charge is 0.389 e. The van der Waals surface area contributed by atoms with E-state index in [-0.39, 0.29) is 0 Å². The quantitative estimate of drug-likeness (QED) is 0.723. The lowest BCUT2D eigenvalue weighted by Gasteiger charge is -2.27. The summed E-state index contributed by atoms with van der Waals surface area (Å²) >= 11 is 0. The van der Waals surface area contributed by atoms with Gasteiger partial charge in [0.2, 0.25) is 0 Å². The Morgan fingerprint density at radius 3 is 2.86 bits per heavy atom. The zero-order valence-electron chi connectivity index (χ0n) is 9.62. The minimum absolute atomic E-state index is 0.526. The lowest BCUT2D eigenvalue weighted by atomic mass is 10.0. The molecule has 2 unspecified atom stereocenters. The number of nitrogens with zero attached hydrogens (tertiary/aromatic N) is 1. The maximum absolute atomic E-state index is 9.93. The highest BCUT2D eigenvalue weighted by Crippen LogP contribution is 2.20. The SMILES string of the molecule is CCC(C)(O)CN1CCC(COC)C1. The third-order valence-corrected chi connectivity index (χ3v) is 3.10. The molecule has 0 amide bonds. The minimum Gasteiger partial charge on any atom is -0.389 e. The van der Waals surface area contributed by atoms with E-state index < -0.39 is 5.60 Å². The molecule has 3 heteroatoms. The zero-order valence-corrected chi connectivity index (χ0v) is 9.62. The van der Waals surface area contributed by atoms with Gasteiger partial charge >= 0.3 is 0 Å². The second-order valence-electron chi connectivity index (χ2n) is 4.70. The molecule has 1 aliphatic heterocycles. The molecule has 1 N–H and O–H groups in total. The van der Waals surface area contributed by atoms with E-state index in [4.69, 9.17) is 4.74 Å². The molecule has 3 nitrogen and oxygen atoms in total. The second kappa shape index (κ2) is 5.10. The van der Waals surface area contributed by atoms with Crippen molar-refractivity contribution in [1.29, 1.82) is 0 Å². The van der Waals surface area contributed by atoms with Crippen molar-refractivity contribution in [2.45, 2.75) is 32.3 Å². The van der Waals surface area contributed by atoms with Crippen LogP contribution in [0.2, 0.25) is 0 Å². The van der Waals surface area contributed by atoms with E-state index in [9.17, 15) is 5.11 Å². The smallest absolute Gasteiger partial charge is 0.0743 e. The molecule has 0 aromatic carbocycles. The van der Waals surface area contributed by atoms with Gasteiger partial charge < -0.3 is 14.7 Å². The van der Waals surface area contributed by atoms with Gasteiger partial charge in [-0.2, -0.15) is 0 Å². The number of hydrogen-bond acceptors (Lipinski definition) is 3. The van der Waals surface area contributed by atoms with Crippen LogP contribution in [0.3, 0.4) is 0 Å². The Morgan fingerprint density at radius 1 is 1.57 bits per heavy atom. The number of likely N-dealkylation sites (tertiary alicyclic amines) is 1. The molecule has 1 fully saturated rings. The Labute approximate surface area is 87.1 Å². The summed E-state index contributed by atoms with van der Waals surface area (Å²) in [7, 11) is 1.75. The van der Waals surface area contributed by atoms with E-state index in [1.807, 2.05) is 13.8 Å². The fraction of sp³-hybridized carbons (Fsp3) is 1.00. The summed E-state index contributed by atoms with van der Waals surface area (Å²) in [6.07, 6.45) is 2.02. The first-order valence-corrected chi connectivity index (χ1v) is 5.51. The molecular weight excluding hydrogens is 178 g/mol. The van der Waals surface area contributed by atoms with Crippen molar-refractivity contribution < 1.29 is 9.84 Å². The molecule has 0 aromatic heterocycles. The molecule has 0 spiro atoms. The maximum Gasteiger partial charge on any atom is 0.0743 e. The van der Waals surface area contributed by atoms with Gasteiger partial charge in [0.1, 0.15) is 0 Å². The molecule has 0 aromatic rings. The minimum atomic E-state index is -0.526. The first kappa shape index (κ1) is 12.0. The van der Waals surface area contributed by atoms with E-state index in [1.165, 1.54) is 6.42 Å². The van der Waals surface area contributed by atoms with Crippen molar-refractivity contribution in [2.24, 2.45) is 5.92 Å². The summed E-state index contributed by atoms with van der Waals surface area (Å²) in [6, 6.07) is 0. The van der Waals surface area contributed by atoms with Crippen molar-refractivity contribution in [1.82, 2.24) is 4.90 Å². The first-order chi connectivity index (χ1) is 6.57. The highest BCUT2D eigenvalue weighted by molar-refractivity contribution is 4.82. The van der Waals surface area contributed by atoms with E-state index in [0.29, 0.717) is 5.92 Å². The summed E-state index contributed by atoms with van der Waals surface area (Å²) in [6.45, 7) is 7.77. The summed E-state index contributed by atoms with van der Waals surface area (Å²) in [5, 5.41) is 9.93. The van der Waals surface area contributed by atoms with Gasteiger partial charge in [-0.3, -0.25) is 0 Å². The highest BCUT2D eigenvalue weighted by Gasteiger charge is 2.28. The highest BCUT2D eigenvalue weighted by atomic mass is 16.5. The molecule has 1 heterocycles. The molecule has 1 saturated heterocycles. The number of rotatable bonds is 5. The summed E-state index contributed by atoms with van der Waals surface area (Å²) < 4.78 is 5.14. The fourth-order valence-corrected chi connectivity index (χ4v) is 2.02. The topological polar surface area (TPSA) is 32.7 Å². The number of hydrogen-bond donors (Lipinski definition) is 1. The Morgan fingerprint density at radius 2 is 2.29 bits per heavy atom. The number of β-amino-alcohol motifs (C(OH)–C–C–N with tert-alkyl or cyclic N) is 1. The van der Waals surface area contributed by atoms with Crippen LogP contribution in [0.1, 0.15) is 26.7 Å². The molecule has 0 saturated carbocycles. The number of aliphatic hydroxyl groups is 1. The predicted octanol–water partition coefficient (Wildman–Crippen LogP) is 1.12. The van der Waals surface area contributed by atoms with Gasteiger partial charge in [-0.25, -0.2) is 0 Å². The maximum atomic E-state index is 9.93. The van der Waals surface area contributed by atoms with Gasteiger partial charge in [-0.05, 0) is 32.2 Å². The third kappa shape index (κ3) is 3.56. The Bertz CT molecular complexity index is 171. The fourth-order valence-electron chi connectivity index (χ4n) is 2.02. The summed E-state index contributed by atoms with van der Waals surface area (Å²) in [5.41, 5.74) is -0.526. The molecule has 0 aliphatic carbocycles. The van der Waals surface area contributed by atoms with Crippen molar-refractivity contribution in [3.63, 3.8) is 0 Å². The van der Waals surface area contributed by atoms with Crippen LogP contribution in [0.25, 0.3) is 0 Å². The van der Waals surface area contributed by atoms with Crippen LogP contribution >= 0.6 is 0 Å².